The Bertz CT molecular complexity index is 461. The monoisotopic (exact) mass is 289 g/mol. The van der Waals surface area contributed by atoms with Gasteiger partial charge < -0.3 is 4.90 Å². The molecular weight excluding hydrogens is 262 g/mol. The van der Waals surface area contributed by atoms with Crippen molar-refractivity contribution < 1.29 is 4.79 Å². The first-order valence-electron chi connectivity index (χ1n) is 7.88. The molecule has 1 aromatic rings. The molecule has 0 radical (unpaired) electrons. The van der Waals surface area contributed by atoms with Gasteiger partial charge in [-0.3, -0.25) is 9.69 Å². The summed E-state index contributed by atoms with van der Waals surface area (Å²) in [4.78, 5) is 20.6. The third-order valence-corrected chi connectivity index (χ3v) is 4.52. The number of anilines is 1. The molecule has 1 aliphatic rings. The molecule has 0 aromatic carbocycles. The predicted molar refractivity (Wildman–Crippen MR) is 86.5 cm³/mol. The number of piperidine rings is 1. The zero-order valence-corrected chi connectivity index (χ0v) is 13.7. The second kappa shape index (κ2) is 7.03. The van der Waals surface area contributed by atoms with E-state index in [0.717, 1.165) is 38.3 Å². The molecule has 1 saturated heterocycles. The third kappa shape index (κ3) is 4.27. The van der Waals surface area contributed by atoms with E-state index in [-0.39, 0.29) is 5.92 Å². The largest absolute Gasteiger partial charge is 0.357 e. The van der Waals surface area contributed by atoms with Crippen LogP contribution in [-0.4, -0.2) is 41.8 Å². The molecule has 21 heavy (non-hydrogen) atoms. The Balaban J connectivity index is 1.92. The van der Waals surface area contributed by atoms with Crippen LogP contribution in [0, 0.1) is 5.92 Å². The van der Waals surface area contributed by atoms with Crippen LogP contribution in [0.2, 0.25) is 0 Å². The minimum Gasteiger partial charge on any atom is -0.357 e. The van der Waals surface area contributed by atoms with Crippen LogP contribution in [0.15, 0.2) is 18.3 Å². The Morgan fingerprint density at radius 2 is 2.05 bits per heavy atom. The zero-order chi connectivity index (χ0) is 15.4. The van der Waals surface area contributed by atoms with Crippen LogP contribution in [0.1, 0.15) is 39.2 Å². The molecule has 0 N–H and O–H groups in total. The molecule has 4 heteroatoms. The Labute approximate surface area is 128 Å². The van der Waals surface area contributed by atoms with Crippen molar-refractivity contribution >= 4 is 11.6 Å². The summed E-state index contributed by atoms with van der Waals surface area (Å²) in [6.07, 6.45) is 3.88. The molecular formula is C17H27N3O. The van der Waals surface area contributed by atoms with Gasteiger partial charge in [0.1, 0.15) is 11.6 Å². The Morgan fingerprint density at radius 1 is 1.38 bits per heavy atom. The summed E-state index contributed by atoms with van der Waals surface area (Å²) in [5.74, 6) is 1.61. The topological polar surface area (TPSA) is 36.4 Å². The molecule has 116 valence electrons. The molecule has 0 unspecified atom stereocenters. The number of aromatic nitrogens is 1. The lowest BCUT2D eigenvalue weighted by Gasteiger charge is -2.31. The Morgan fingerprint density at radius 3 is 2.52 bits per heavy atom. The second-order valence-corrected chi connectivity index (χ2v) is 6.41. The van der Waals surface area contributed by atoms with E-state index in [2.05, 4.69) is 47.8 Å². The maximum atomic E-state index is 11.4. The van der Waals surface area contributed by atoms with Gasteiger partial charge in [-0.05, 0) is 52.3 Å². The van der Waals surface area contributed by atoms with E-state index in [9.17, 15) is 4.79 Å². The van der Waals surface area contributed by atoms with Crippen molar-refractivity contribution in [2.24, 2.45) is 5.92 Å². The Hall–Kier alpha value is -1.42. The van der Waals surface area contributed by atoms with E-state index in [1.165, 1.54) is 5.56 Å². The number of pyridine rings is 1. The van der Waals surface area contributed by atoms with Crippen molar-refractivity contribution in [1.29, 1.82) is 0 Å². The van der Waals surface area contributed by atoms with Gasteiger partial charge in [0.25, 0.3) is 0 Å². The number of ketones is 1. The van der Waals surface area contributed by atoms with Gasteiger partial charge in [0.2, 0.25) is 0 Å². The van der Waals surface area contributed by atoms with Gasteiger partial charge in [-0.15, -0.1) is 0 Å². The number of Topliss-reactive ketones (excluding diaryl/α,β-unsaturated/α-hetero) is 1. The summed E-state index contributed by atoms with van der Waals surface area (Å²) in [6.45, 7) is 8.89. The first kappa shape index (κ1) is 16.0. The minimum atomic E-state index is 0.250. The number of hydrogen-bond acceptors (Lipinski definition) is 4. The lowest BCUT2D eigenvalue weighted by atomic mass is 9.93. The van der Waals surface area contributed by atoms with Crippen LogP contribution in [0.3, 0.4) is 0 Å². The second-order valence-electron chi connectivity index (χ2n) is 6.41. The maximum Gasteiger partial charge on any atom is 0.133 e. The number of rotatable bonds is 5. The zero-order valence-electron chi connectivity index (χ0n) is 13.7. The Kier molecular flexibility index (Phi) is 5.34. The number of carbonyl (C=O) groups excluding carboxylic acids is 1. The van der Waals surface area contributed by atoms with E-state index in [1.807, 2.05) is 6.20 Å². The van der Waals surface area contributed by atoms with Gasteiger partial charge in [0.05, 0.1) is 0 Å². The highest BCUT2D eigenvalue weighted by Crippen LogP contribution is 2.22. The van der Waals surface area contributed by atoms with Gasteiger partial charge in [-0.2, -0.15) is 0 Å². The van der Waals surface area contributed by atoms with Crippen LogP contribution in [0.25, 0.3) is 0 Å². The molecule has 0 saturated carbocycles. The molecule has 2 rings (SSSR count). The molecule has 0 amide bonds. The molecule has 0 spiro atoms. The highest BCUT2D eigenvalue weighted by atomic mass is 16.1. The van der Waals surface area contributed by atoms with E-state index < -0.39 is 0 Å². The molecule has 1 aromatic heterocycles. The fourth-order valence-electron chi connectivity index (χ4n) is 2.68. The summed E-state index contributed by atoms with van der Waals surface area (Å²) in [5, 5.41) is 0. The van der Waals surface area contributed by atoms with Crippen molar-refractivity contribution in [3.05, 3.63) is 23.9 Å². The van der Waals surface area contributed by atoms with Gasteiger partial charge in [-0.25, -0.2) is 4.98 Å². The molecule has 0 atom stereocenters. The third-order valence-electron chi connectivity index (χ3n) is 4.52. The van der Waals surface area contributed by atoms with Crippen molar-refractivity contribution in [1.82, 2.24) is 9.88 Å². The van der Waals surface area contributed by atoms with E-state index in [4.69, 9.17) is 0 Å². The minimum absolute atomic E-state index is 0.250. The molecule has 1 fully saturated rings. The maximum absolute atomic E-state index is 11.4. The standard InChI is InChI=1S/C17H27N3O/c1-13(2)19(4)12-15-5-6-17(18-11-15)20-9-7-16(8-10-20)14(3)21/h5-6,11,13,16H,7-10,12H2,1-4H3. The van der Waals surface area contributed by atoms with Crippen LogP contribution >= 0.6 is 0 Å². The van der Waals surface area contributed by atoms with Crippen LogP contribution in [-0.2, 0) is 11.3 Å². The number of hydrogen-bond donors (Lipinski definition) is 0. The van der Waals surface area contributed by atoms with Crippen molar-refractivity contribution in [2.75, 3.05) is 25.0 Å². The van der Waals surface area contributed by atoms with Crippen LogP contribution in [0.4, 0.5) is 5.82 Å². The predicted octanol–water partition coefficient (Wildman–Crippen LogP) is 2.73. The average molecular weight is 289 g/mol. The molecule has 4 nitrogen and oxygen atoms in total. The normalized spacial score (nSPS) is 16.8. The van der Waals surface area contributed by atoms with Crippen molar-refractivity contribution in [2.45, 2.75) is 46.2 Å². The van der Waals surface area contributed by atoms with Gasteiger partial charge in [0.15, 0.2) is 0 Å². The summed E-state index contributed by atoms with van der Waals surface area (Å²) < 4.78 is 0. The molecule has 0 bridgehead atoms. The summed E-state index contributed by atoms with van der Waals surface area (Å²) in [7, 11) is 2.13. The molecule has 1 aliphatic heterocycles. The van der Waals surface area contributed by atoms with Gasteiger partial charge >= 0.3 is 0 Å². The van der Waals surface area contributed by atoms with Crippen LogP contribution < -0.4 is 4.90 Å². The summed E-state index contributed by atoms with van der Waals surface area (Å²) in [5.41, 5.74) is 1.24. The lowest BCUT2D eigenvalue weighted by Crippen LogP contribution is -2.36. The summed E-state index contributed by atoms with van der Waals surface area (Å²) in [6, 6.07) is 4.81. The van der Waals surface area contributed by atoms with Gasteiger partial charge in [-0.1, -0.05) is 6.07 Å². The van der Waals surface area contributed by atoms with E-state index >= 15 is 0 Å². The lowest BCUT2D eigenvalue weighted by molar-refractivity contribution is -0.121. The highest BCUT2D eigenvalue weighted by molar-refractivity contribution is 5.78. The van der Waals surface area contributed by atoms with E-state index in [1.54, 1.807) is 6.92 Å². The van der Waals surface area contributed by atoms with Crippen molar-refractivity contribution in [3.8, 4) is 0 Å². The molecule has 2 heterocycles. The SMILES string of the molecule is CC(=O)C1CCN(c2ccc(CN(C)C(C)C)cn2)CC1. The van der Waals surface area contributed by atoms with Gasteiger partial charge in [0, 0.05) is 37.8 Å². The number of carbonyl (C=O) groups is 1. The fourth-order valence-corrected chi connectivity index (χ4v) is 2.68. The number of nitrogens with zero attached hydrogens (tertiary/aromatic N) is 3. The first-order chi connectivity index (χ1) is 9.97. The van der Waals surface area contributed by atoms with Crippen molar-refractivity contribution in [3.63, 3.8) is 0 Å². The fraction of sp³-hybridized carbons (Fsp3) is 0.647. The highest BCUT2D eigenvalue weighted by Gasteiger charge is 2.22. The molecule has 0 aliphatic carbocycles. The average Bonchev–Trinajstić information content (AvgIpc) is 2.48. The quantitative estimate of drug-likeness (QED) is 0.835. The van der Waals surface area contributed by atoms with Crippen LogP contribution in [0.5, 0.6) is 0 Å². The summed E-state index contributed by atoms with van der Waals surface area (Å²) >= 11 is 0. The van der Waals surface area contributed by atoms with E-state index in [0.29, 0.717) is 11.8 Å². The first-order valence-corrected chi connectivity index (χ1v) is 7.88. The smallest absolute Gasteiger partial charge is 0.133 e.